The third-order valence-electron chi connectivity index (χ3n) is 11.3. The van der Waals surface area contributed by atoms with Crippen LogP contribution in [-0.4, -0.2) is 9.97 Å². The first-order valence-electron chi connectivity index (χ1n) is 18.6. The Hall–Kier alpha value is -7.30. The minimum absolute atomic E-state index is 0.540. The summed E-state index contributed by atoms with van der Waals surface area (Å²) in [6, 6.07) is 66.1. The average Bonchev–Trinajstić information content (AvgIpc) is 3.54. The monoisotopic (exact) mass is 703 g/mol. The highest BCUT2D eigenvalue weighted by atomic mass is 16.5. The van der Waals surface area contributed by atoms with E-state index < -0.39 is 5.41 Å². The molecule has 0 bridgehead atoms. The lowest BCUT2D eigenvalue weighted by Crippen LogP contribution is -2.32. The van der Waals surface area contributed by atoms with Crippen molar-refractivity contribution in [3.63, 3.8) is 0 Å². The number of hydrogen-bond donors (Lipinski definition) is 1. The SMILES string of the molecule is Nc1ccc(-c2ccc3c(c2)Oc2cc(-c4ccc(-c5nc(-c6ccccc6)c6ccccc6n5)cc4)ccc2C32c3ccccc3-c3ccccc32)cc1. The van der Waals surface area contributed by atoms with Crippen LogP contribution >= 0.6 is 0 Å². The Morgan fingerprint density at radius 1 is 0.400 bits per heavy atom. The summed E-state index contributed by atoms with van der Waals surface area (Å²) in [6.07, 6.45) is 0. The molecule has 1 aliphatic heterocycles. The Kier molecular flexibility index (Phi) is 6.89. The zero-order valence-corrected chi connectivity index (χ0v) is 29.8. The van der Waals surface area contributed by atoms with Crippen LogP contribution in [0.3, 0.4) is 0 Å². The van der Waals surface area contributed by atoms with E-state index in [9.17, 15) is 0 Å². The number of ether oxygens (including phenoxy) is 1. The lowest BCUT2D eigenvalue weighted by atomic mass is 9.65. The van der Waals surface area contributed by atoms with Gasteiger partial charge in [0.05, 0.1) is 16.6 Å². The van der Waals surface area contributed by atoms with Crippen molar-refractivity contribution >= 4 is 16.6 Å². The normalized spacial score (nSPS) is 13.1. The Morgan fingerprint density at radius 2 is 0.909 bits per heavy atom. The van der Waals surface area contributed by atoms with Gasteiger partial charge in [-0.1, -0.05) is 158 Å². The minimum atomic E-state index is -0.540. The lowest BCUT2D eigenvalue weighted by molar-refractivity contribution is 0.437. The molecule has 0 amide bonds. The van der Waals surface area contributed by atoms with Crippen molar-refractivity contribution in [3.8, 4) is 67.5 Å². The van der Waals surface area contributed by atoms with Gasteiger partial charge in [0.2, 0.25) is 0 Å². The van der Waals surface area contributed by atoms with Crippen molar-refractivity contribution in [3.05, 3.63) is 210 Å². The second-order valence-electron chi connectivity index (χ2n) is 14.3. The summed E-state index contributed by atoms with van der Waals surface area (Å²) < 4.78 is 6.99. The molecule has 0 radical (unpaired) electrons. The van der Waals surface area contributed by atoms with Crippen molar-refractivity contribution < 1.29 is 4.74 Å². The van der Waals surface area contributed by atoms with E-state index in [0.717, 1.165) is 78.3 Å². The molecule has 0 saturated carbocycles. The smallest absolute Gasteiger partial charge is 0.160 e. The molecule has 2 heterocycles. The van der Waals surface area contributed by atoms with E-state index >= 15 is 0 Å². The minimum Gasteiger partial charge on any atom is -0.457 e. The van der Waals surface area contributed by atoms with Crippen LogP contribution in [-0.2, 0) is 5.41 Å². The van der Waals surface area contributed by atoms with Crippen molar-refractivity contribution in [2.24, 2.45) is 0 Å². The van der Waals surface area contributed by atoms with Gasteiger partial charge in [-0.25, -0.2) is 9.97 Å². The molecule has 4 nitrogen and oxygen atoms in total. The summed E-state index contributed by atoms with van der Waals surface area (Å²) in [7, 11) is 0. The second-order valence-corrected chi connectivity index (χ2v) is 14.3. The molecule has 2 aliphatic rings. The fraction of sp³-hybridized carbons (Fsp3) is 0.0196. The van der Waals surface area contributed by atoms with E-state index in [0.29, 0.717) is 5.82 Å². The fourth-order valence-electron chi connectivity index (χ4n) is 8.78. The molecular weight excluding hydrogens is 671 g/mol. The quantitative estimate of drug-likeness (QED) is 0.185. The molecule has 0 fully saturated rings. The predicted octanol–water partition coefficient (Wildman–Crippen LogP) is 12.3. The van der Waals surface area contributed by atoms with Crippen LogP contribution in [0, 0.1) is 0 Å². The molecule has 0 atom stereocenters. The third kappa shape index (κ3) is 4.78. The van der Waals surface area contributed by atoms with Crippen LogP contribution in [0.1, 0.15) is 22.3 Å². The van der Waals surface area contributed by atoms with Crippen molar-refractivity contribution in [1.82, 2.24) is 9.97 Å². The number of nitrogens with zero attached hydrogens (tertiary/aromatic N) is 2. The number of nitrogens with two attached hydrogens (primary N) is 1. The first kappa shape index (κ1) is 31.2. The second kappa shape index (κ2) is 12.1. The van der Waals surface area contributed by atoms with E-state index in [4.69, 9.17) is 20.4 Å². The molecule has 8 aromatic carbocycles. The molecule has 1 aromatic heterocycles. The van der Waals surface area contributed by atoms with E-state index in [1.54, 1.807) is 0 Å². The van der Waals surface area contributed by atoms with Gasteiger partial charge in [-0.3, -0.25) is 0 Å². The first-order chi connectivity index (χ1) is 27.1. The molecule has 1 aliphatic carbocycles. The summed E-state index contributed by atoms with van der Waals surface area (Å²) in [5.41, 5.74) is 21.8. The van der Waals surface area contributed by atoms with Gasteiger partial charge in [0.1, 0.15) is 11.5 Å². The molecule has 0 saturated heterocycles. The number of hydrogen-bond acceptors (Lipinski definition) is 4. The summed E-state index contributed by atoms with van der Waals surface area (Å²) >= 11 is 0. The molecule has 2 N–H and O–H groups in total. The van der Waals surface area contributed by atoms with Gasteiger partial charge >= 0.3 is 0 Å². The van der Waals surface area contributed by atoms with Gasteiger partial charge in [0, 0.05) is 33.3 Å². The van der Waals surface area contributed by atoms with E-state index in [2.05, 4.69) is 146 Å². The van der Waals surface area contributed by atoms with E-state index in [1.165, 1.54) is 22.3 Å². The fourth-order valence-corrected chi connectivity index (χ4v) is 8.78. The van der Waals surface area contributed by atoms with Crippen molar-refractivity contribution in [1.29, 1.82) is 0 Å². The van der Waals surface area contributed by atoms with E-state index in [-0.39, 0.29) is 0 Å². The molecule has 0 unspecified atom stereocenters. The Balaban J connectivity index is 1.04. The predicted molar refractivity (Wildman–Crippen MR) is 223 cm³/mol. The van der Waals surface area contributed by atoms with Crippen LogP contribution in [0.2, 0.25) is 0 Å². The van der Waals surface area contributed by atoms with Crippen molar-refractivity contribution in [2.75, 3.05) is 5.73 Å². The molecule has 9 aromatic rings. The zero-order valence-electron chi connectivity index (χ0n) is 29.8. The van der Waals surface area contributed by atoms with Crippen LogP contribution < -0.4 is 10.5 Å². The van der Waals surface area contributed by atoms with Gasteiger partial charge in [0.15, 0.2) is 5.82 Å². The Labute approximate surface area is 319 Å². The Morgan fingerprint density at radius 3 is 1.55 bits per heavy atom. The van der Waals surface area contributed by atoms with E-state index in [1.807, 2.05) is 42.5 Å². The van der Waals surface area contributed by atoms with Crippen LogP contribution in [0.15, 0.2) is 188 Å². The van der Waals surface area contributed by atoms with Crippen LogP contribution in [0.25, 0.3) is 66.9 Å². The topological polar surface area (TPSA) is 61.0 Å². The molecule has 4 heteroatoms. The van der Waals surface area contributed by atoms with Crippen molar-refractivity contribution in [2.45, 2.75) is 5.41 Å². The maximum Gasteiger partial charge on any atom is 0.160 e. The third-order valence-corrected chi connectivity index (χ3v) is 11.3. The summed E-state index contributed by atoms with van der Waals surface area (Å²) in [4.78, 5) is 10.1. The maximum absolute atomic E-state index is 6.99. The van der Waals surface area contributed by atoms with Gasteiger partial charge in [-0.05, 0) is 74.8 Å². The van der Waals surface area contributed by atoms with Gasteiger partial charge in [-0.15, -0.1) is 0 Å². The number of para-hydroxylation sites is 1. The summed E-state index contributed by atoms with van der Waals surface area (Å²) in [5.74, 6) is 2.40. The highest BCUT2D eigenvalue weighted by Crippen LogP contribution is 2.62. The highest BCUT2D eigenvalue weighted by molar-refractivity contribution is 5.94. The largest absolute Gasteiger partial charge is 0.457 e. The summed E-state index contributed by atoms with van der Waals surface area (Å²) in [6.45, 7) is 0. The molecule has 258 valence electrons. The molecular formula is C51H33N3O. The van der Waals surface area contributed by atoms with Gasteiger partial charge < -0.3 is 10.5 Å². The molecule has 11 rings (SSSR count). The highest BCUT2D eigenvalue weighted by Gasteiger charge is 2.51. The number of anilines is 1. The first-order valence-corrected chi connectivity index (χ1v) is 18.6. The van der Waals surface area contributed by atoms with Gasteiger partial charge in [-0.2, -0.15) is 0 Å². The molecule has 1 spiro atoms. The number of nitrogen functional groups attached to an aromatic ring is 1. The average molecular weight is 704 g/mol. The summed E-state index contributed by atoms with van der Waals surface area (Å²) in [5, 5.41) is 1.04. The number of benzene rings is 8. The molecule has 55 heavy (non-hydrogen) atoms. The number of aromatic nitrogens is 2. The van der Waals surface area contributed by atoms with Crippen LogP contribution in [0.5, 0.6) is 11.5 Å². The number of rotatable bonds is 4. The lowest BCUT2D eigenvalue weighted by Gasteiger charge is -2.39. The maximum atomic E-state index is 6.99. The standard InChI is InChI=1S/C51H33N3O/c52-38-26-22-33(23-27-38)37-25-29-45-48(31-37)55-47-30-36(24-28-44(47)51(45)42-15-7-4-12-39(42)40-13-5-8-16-43(40)51)32-18-20-35(21-19-32)50-53-46-17-9-6-14-41(46)49(54-50)34-10-2-1-3-11-34/h1-31H,52H2. The zero-order chi connectivity index (χ0) is 36.5. The Bertz CT molecular complexity index is 2910. The number of fused-ring (bicyclic) bond motifs is 10. The van der Waals surface area contributed by atoms with Gasteiger partial charge in [0.25, 0.3) is 0 Å². The van der Waals surface area contributed by atoms with Crippen LogP contribution in [0.4, 0.5) is 5.69 Å².